The highest BCUT2D eigenvalue weighted by Crippen LogP contribution is 2.37. The number of amides is 1. The molecule has 1 aromatic rings. The van der Waals surface area contributed by atoms with Crippen molar-refractivity contribution in [1.82, 2.24) is 10.2 Å². The van der Waals surface area contributed by atoms with E-state index >= 15 is 0 Å². The van der Waals surface area contributed by atoms with E-state index < -0.39 is 18.0 Å². The van der Waals surface area contributed by atoms with Crippen LogP contribution in [0.3, 0.4) is 0 Å². The average molecular weight is 415 g/mol. The third-order valence-electron chi connectivity index (χ3n) is 5.59. The van der Waals surface area contributed by atoms with Gasteiger partial charge in [-0.1, -0.05) is 55.8 Å². The number of hydrogen-bond acceptors (Lipinski definition) is 3. The Hall–Kier alpha value is -1.37. The van der Waals surface area contributed by atoms with Crippen LogP contribution in [0, 0.1) is 17.7 Å². The first-order valence-electron chi connectivity index (χ1n) is 10.1. The zero-order valence-corrected chi connectivity index (χ0v) is 17.6. The van der Waals surface area contributed by atoms with Crippen LogP contribution in [-0.2, 0) is 4.74 Å². The molecule has 1 saturated carbocycles. The Balaban J connectivity index is 2.19. The number of benzene rings is 1. The maximum absolute atomic E-state index is 14.8. The van der Waals surface area contributed by atoms with Gasteiger partial charge in [-0.3, -0.25) is 0 Å². The Morgan fingerprint density at radius 1 is 1.39 bits per heavy atom. The molecule has 1 unspecified atom stereocenters. The summed E-state index contributed by atoms with van der Waals surface area (Å²) in [5, 5.41) is 12.3. The highest BCUT2D eigenvalue weighted by atomic mass is 35.5. The van der Waals surface area contributed by atoms with E-state index in [9.17, 15) is 9.18 Å². The van der Waals surface area contributed by atoms with Gasteiger partial charge in [-0.25, -0.2) is 9.18 Å². The smallest absolute Gasteiger partial charge is 0.407 e. The molecule has 2 atom stereocenters. The van der Waals surface area contributed by atoms with Crippen LogP contribution in [0.15, 0.2) is 18.2 Å². The highest BCUT2D eigenvalue weighted by molar-refractivity contribution is 6.30. The van der Waals surface area contributed by atoms with E-state index in [4.69, 9.17) is 21.4 Å². The van der Waals surface area contributed by atoms with Gasteiger partial charge in [-0.15, -0.1) is 0 Å². The quantitative estimate of drug-likeness (QED) is 0.568. The van der Waals surface area contributed by atoms with Crippen LogP contribution < -0.4 is 5.32 Å². The maximum Gasteiger partial charge on any atom is 0.407 e. The monoisotopic (exact) mass is 414 g/mol. The molecule has 0 bridgehead atoms. The first kappa shape index (κ1) is 22.9. The molecule has 0 spiro atoms. The minimum absolute atomic E-state index is 0.0784. The van der Waals surface area contributed by atoms with Crippen molar-refractivity contribution in [3.8, 4) is 0 Å². The summed E-state index contributed by atoms with van der Waals surface area (Å²) in [6.45, 7) is 1.12. The molecular weight excluding hydrogens is 383 g/mol. The molecule has 158 valence electrons. The van der Waals surface area contributed by atoms with Gasteiger partial charge in [0.1, 0.15) is 5.82 Å². The van der Waals surface area contributed by atoms with E-state index in [2.05, 4.69) is 5.32 Å². The van der Waals surface area contributed by atoms with Gasteiger partial charge in [0.05, 0.1) is 17.7 Å². The lowest BCUT2D eigenvalue weighted by Gasteiger charge is -2.33. The second-order valence-corrected chi connectivity index (χ2v) is 8.10. The minimum Gasteiger partial charge on any atom is -0.465 e. The van der Waals surface area contributed by atoms with Gasteiger partial charge >= 0.3 is 6.09 Å². The highest BCUT2D eigenvalue weighted by Gasteiger charge is 2.30. The molecule has 0 aromatic heterocycles. The molecule has 0 radical (unpaired) electrons. The number of halogens is 2. The molecule has 5 nitrogen and oxygen atoms in total. The molecule has 2 rings (SSSR count). The van der Waals surface area contributed by atoms with E-state index in [1.807, 2.05) is 7.05 Å². The molecule has 1 aromatic carbocycles. The Kier molecular flexibility index (Phi) is 9.48. The summed E-state index contributed by atoms with van der Waals surface area (Å²) >= 11 is 6.03. The molecule has 1 aliphatic carbocycles. The van der Waals surface area contributed by atoms with Crippen LogP contribution in [0.1, 0.15) is 50.2 Å². The van der Waals surface area contributed by atoms with Gasteiger partial charge < -0.3 is 20.1 Å². The Morgan fingerprint density at radius 3 is 2.75 bits per heavy atom. The molecule has 1 amide bonds. The van der Waals surface area contributed by atoms with Crippen LogP contribution in [0.5, 0.6) is 0 Å². The zero-order valence-electron chi connectivity index (χ0n) is 16.8. The molecule has 2 N–H and O–H groups in total. The van der Waals surface area contributed by atoms with E-state index in [1.165, 1.54) is 50.1 Å². The lowest BCUT2D eigenvalue weighted by atomic mass is 9.79. The predicted octanol–water partition coefficient (Wildman–Crippen LogP) is 4.95. The summed E-state index contributed by atoms with van der Waals surface area (Å²) in [5.74, 6) is 0.240. The standard InChI is InChI=1S/C21H32ClFN2O3/c1-24-14-16(13-15-7-4-3-5-8-15)20(28-12-11-25(2)21(26)27)17-9-6-10-18(22)19(17)23/h6,9-10,15-16,20,24H,3-5,7-8,11-14H2,1-2H3,(H,26,27)/t16?,20-/m1/s1. The van der Waals surface area contributed by atoms with Crippen molar-refractivity contribution in [2.24, 2.45) is 11.8 Å². The largest absolute Gasteiger partial charge is 0.465 e. The Labute approximate surface area is 172 Å². The molecule has 28 heavy (non-hydrogen) atoms. The first-order chi connectivity index (χ1) is 13.4. The summed E-state index contributed by atoms with van der Waals surface area (Å²) in [5.41, 5.74) is 0.446. The van der Waals surface area contributed by atoms with Crippen LogP contribution in [0.2, 0.25) is 5.02 Å². The summed E-state index contributed by atoms with van der Waals surface area (Å²) < 4.78 is 20.9. The van der Waals surface area contributed by atoms with Gasteiger partial charge in [0.25, 0.3) is 0 Å². The van der Waals surface area contributed by atoms with Gasteiger partial charge in [0.15, 0.2) is 0 Å². The number of nitrogens with one attached hydrogen (secondary N) is 1. The van der Waals surface area contributed by atoms with Gasteiger partial charge in [0.2, 0.25) is 0 Å². The van der Waals surface area contributed by atoms with Crippen LogP contribution in [0.25, 0.3) is 0 Å². The fourth-order valence-corrected chi connectivity index (χ4v) is 4.24. The second kappa shape index (κ2) is 11.6. The first-order valence-corrected chi connectivity index (χ1v) is 10.5. The number of hydrogen-bond donors (Lipinski definition) is 2. The second-order valence-electron chi connectivity index (χ2n) is 7.70. The van der Waals surface area contributed by atoms with Crippen LogP contribution in [-0.4, -0.2) is 49.9 Å². The van der Waals surface area contributed by atoms with Crippen molar-refractivity contribution in [2.45, 2.75) is 44.6 Å². The molecule has 1 fully saturated rings. The van der Waals surface area contributed by atoms with E-state index in [-0.39, 0.29) is 24.1 Å². The maximum atomic E-state index is 14.8. The zero-order chi connectivity index (χ0) is 20.5. The molecule has 1 aliphatic rings. The van der Waals surface area contributed by atoms with E-state index in [1.54, 1.807) is 12.1 Å². The fourth-order valence-electron chi connectivity index (χ4n) is 4.06. The molecule has 7 heteroatoms. The lowest BCUT2D eigenvalue weighted by molar-refractivity contribution is -0.00683. The topological polar surface area (TPSA) is 61.8 Å². The minimum atomic E-state index is -1.01. The summed E-state index contributed by atoms with van der Waals surface area (Å²) in [6, 6.07) is 4.98. The number of likely N-dealkylation sites (N-methyl/N-ethyl adjacent to an activating group) is 1. The van der Waals surface area contributed by atoms with Gasteiger partial charge in [-0.05, 0) is 25.5 Å². The van der Waals surface area contributed by atoms with E-state index in [0.717, 1.165) is 6.42 Å². The van der Waals surface area contributed by atoms with Crippen molar-refractivity contribution in [3.63, 3.8) is 0 Å². The fraction of sp³-hybridized carbons (Fsp3) is 0.667. The van der Waals surface area contributed by atoms with Crippen LogP contribution >= 0.6 is 11.6 Å². The third kappa shape index (κ3) is 6.61. The number of nitrogens with zero attached hydrogens (tertiary/aromatic N) is 1. The Morgan fingerprint density at radius 2 is 2.11 bits per heavy atom. The summed E-state index contributed by atoms with van der Waals surface area (Å²) in [7, 11) is 3.38. The SMILES string of the molecule is CNCC(CC1CCCCC1)[C@@H](OCCN(C)C(=O)O)c1cccc(Cl)c1F. The predicted molar refractivity (Wildman–Crippen MR) is 109 cm³/mol. The summed E-state index contributed by atoms with van der Waals surface area (Å²) in [6.07, 6.45) is 5.65. The van der Waals surface area contributed by atoms with Crippen molar-refractivity contribution in [1.29, 1.82) is 0 Å². The normalized spacial score (nSPS) is 17.3. The molecular formula is C21H32ClFN2O3. The average Bonchev–Trinajstić information content (AvgIpc) is 2.68. The Bertz CT molecular complexity index is 626. The number of carbonyl (C=O) groups is 1. The summed E-state index contributed by atoms with van der Waals surface area (Å²) in [4.78, 5) is 12.2. The van der Waals surface area contributed by atoms with Crippen molar-refractivity contribution >= 4 is 17.7 Å². The third-order valence-corrected chi connectivity index (χ3v) is 5.89. The van der Waals surface area contributed by atoms with Crippen LogP contribution in [0.4, 0.5) is 9.18 Å². The number of rotatable bonds is 10. The van der Waals surface area contributed by atoms with Crippen molar-refractivity contribution in [3.05, 3.63) is 34.6 Å². The van der Waals surface area contributed by atoms with Crippen molar-refractivity contribution in [2.75, 3.05) is 33.8 Å². The van der Waals surface area contributed by atoms with E-state index in [0.29, 0.717) is 18.0 Å². The molecule has 0 heterocycles. The molecule has 0 aliphatic heterocycles. The van der Waals surface area contributed by atoms with Crippen molar-refractivity contribution < 1.29 is 19.0 Å². The number of carboxylic acid groups (broad SMARTS) is 1. The van der Waals surface area contributed by atoms with Gasteiger partial charge in [0, 0.05) is 31.6 Å². The number of ether oxygens (including phenoxy) is 1. The lowest BCUT2D eigenvalue weighted by Crippen LogP contribution is -2.33. The van der Waals surface area contributed by atoms with Gasteiger partial charge in [-0.2, -0.15) is 0 Å². The molecule has 0 saturated heterocycles.